The standard InChI is InChI=1S/C10H8.C4H8.2C2H6/c1-2-6-10-8-4-3-7-9(10)5-1;1-3-4-2;2*1-2/h1-8H;3-4H,1-2H3;2*1-2H3. The van der Waals surface area contributed by atoms with Gasteiger partial charge in [-0.2, -0.15) is 0 Å². The molecule has 0 bridgehead atoms. The van der Waals surface area contributed by atoms with Crippen molar-refractivity contribution in [3.05, 3.63) is 60.7 Å². The summed E-state index contributed by atoms with van der Waals surface area (Å²) in [5.41, 5.74) is 0. The summed E-state index contributed by atoms with van der Waals surface area (Å²) in [5.74, 6) is 0. The molecule has 0 aliphatic carbocycles. The minimum absolute atomic E-state index is 1.31. The van der Waals surface area contributed by atoms with Crippen LogP contribution in [0.5, 0.6) is 0 Å². The van der Waals surface area contributed by atoms with Crippen LogP contribution < -0.4 is 0 Å². The first kappa shape index (κ1) is 18.8. The van der Waals surface area contributed by atoms with E-state index in [0.717, 1.165) is 0 Å². The van der Waals surface area contributed by atoms with Crippen LogP contribution in [0.3, 0.4) is 0 Å². The van der Waals surface area contributed by atoms with Gasteiger partial charge in [0.2, 0.25) is 0 Å². The molecule has 0 fully saturated rings. The summed E-state index contributed by atoms with van der Waals surface area (Å²) >= 11 is 0. The molecule has 0 atom stereocenters. The van der Waals surface area contributed by atoms with E-state index in [0.29, 0.717) is 0 Å². The van der Waals surface area contributed by atoms with Crippen molar-refractivity contribution >= 4 is 10.8 Å². The summed E-state index contributed by atoms with van der Waals surface area (Å²) < 4.78 is 0. The molecule has 2 aromatic carbocycles. The SMILES string of the molecule is CC.CC.CC=CC.c1ccc2ccccc2c1. The third kappa shape index (κ3) is 8.58. The number of rotatable bonds is 0. The van der Waals surface area contributed by atoms with Crippen LogP contribution in [0.1, 0.15) is 41.5 Å². The number of benzene rings is 2. The molecule has 0 heteroatoms. The predicted octanol–water partition coefficient (Wildman–Crippen LogP) is 6.47. The molecule has 100 valence electrons. The molecule has 0 heterocycles. The van der Waals surface area contributed by atoms with Gasteiger partial charge in [0.25, 0.3) is 0 Å². The topological polar surface area (TPSA) is 0 Å². The van der Waals surface area contributed by atoms with Crippen molar-refractivity contribution in [1.82, 2.24) is 0 Å². The molecule has 0 saturated carbocycles. The summed E-state index contributed by atoms with van der Waals surface area (Å²) in [5, 5.41) is 2.62. The molecule has 0 aromatic heterocycles. The van der Waals surface area contributed by atoms with Crippen molar-refractivity contribution in [2.75, 3.05) is 0 Å². The van der Waals surface area contributed by atoms with Crippen molar-refractivity contribution in [2.24, 2.45) is 0 Å². The fourth-order valence-electron chi connectivity index (χ4n) is 1.13. The van der Waals surface area contributed by atoms with Crippen LogP contribution in [0, 0.1) is 0 Å². The third-order valence-electron chi connectivity index (χ3n) is 1.99. The number of allylic oxidation sites excluding steroid dienone is 2. The Labute approximate surface area is 113 Å². The second-order valence-corrected chi connectivity index (χ2v) is 3.01. The lowest BCUT2D eigenvalue weighted by atomic mass is 10.1. The fraction of sp³-hybridized carbons (Fsp3) is 0.333. The normalized spacial score (nSPS) is 8.33. The van der Waals surface area contributed by atoms with Crippen molar-refractivity contribution in [1.29, 1.82) is 0 Å². The monoisotopic (exact) mass is 244 g/mol. The first-order chi connectivity index (χ1) is 8.88. The van der Waals surface area contributed by atoms with Crippen molar-refractivity contribution in [2.45, 2.75) is 41.5 Å². The number of hydrogen-bond donors (Lipinski definition) is 0. The Morgan fingerprint density at radius 1 is 0.556 bits per heavy atom. The Bertz CT molecular complexity index is 330. The fourth-order valence-corrected chi connectivity index (χ4v) is 1.13. The van der Waals surface area contributed by atoms with E-state index in [1.807, 2.05) is 53.7 Å². The average molecular weight is 244 g/mol. The van der Waals surface area contributed by atoms with Gasteiger partial charge in [0.15, 0.2) is 0 Å². The van der Waals surface area contributed by atoms with Gasteiger partial charge in [-0.05, 0) is 24.6 Å². The Morgan fingerprint density at radius 3 is 0.944 bits per heavy atom. The molecule has 0 amide bonds. The lowest BCUT2D eigenvalue weighted by Gasteiger charge is -1.92. The van der Waals surface area contributed by atoms with E-state index in [1.165, 1.54) is 10.8 Å². The first-order valence-corrected chi connectivity index (χ1v) is 6.89. The van der Waals surface area contributed by atoms with Gasteiger partial charge in [-0.25, -0.2) is 0 Å². The number of hydrogen-bond acceptors (Lipinski definition) is 0. The van der Waals surface area contributed by atoms with Crippen LogP contribution in [0.15, 0.2) is 60.7 Å². The predicted molar refractivity (Wildman–Crippen MR) is 87.1 cm³/mol. The van der Waals surface area contributed by atoms with Crippen LogP contribution in [-0.4, -0.2) is 0 Å². The largest absolute Gasteiger partial charge is 0.0919 e. The van der Waals surface area contributed by atoms with Crippen LogP contribution in [0.2, 0.25) is 0 Å². The average Bonchev–Trinajstić information content (AvgIpc) is 2.51. The van der Waals surface area contributed by atoms with E-state index >= 15 is 0 Å². The Hall–Kier alpha value is -1.56. The Balaban J connectivity index is 0. The van der Waals surface area contributed by atoms with E-state index in [4.69, 9.17) is 0 Å². The molecule has 2 rings (SSSR count). The molecule has 0 saturated heterocycles. The molecule has 2 aromatic rings. The van der Waals surface area contributed by atoms with Crippen LogP contribution in [-0.2, 0) is 0 Å². The van der Waals surface area contributed by atoms with Gasteiger partial charge in [0.1, 0.15) is 0 Å². The summed E-state index contributed by atoms with van der Waals surface area (Å²) in [6, 6.07) is 16.7. The molecule has 0 nitrogen and oxygen atoms in total. The van der Waals surface area contributed by atoms with Crippen molar-refractivity contribution < 1.29 is 0 Å². The van der Waals surface area contributed by atoms with Gasteiger partial charge >= 0.3 is 0 Å². The second-order valence-electron chi connectivity index (χ2n) is 3.01. The summed E-state index contributed by atoms with van der Waals surface area (Å²) in [6.45, 7) is 12.0. The number of fused-ring (bicyclic) bond motifs is 1. The van der Waals surface area contributed by atoms with Crippen LogP contribution >= 0.6 is 0 Å². The molecule has 0 N–H and O–H groups in total. The van der Waals surface area contributed by atoms with Crippen molar-refractivity contribution in [3.63, 3.8) is 0 Å². The highest BCUT2D eigenvalue weighted by Gasteiger charge is 1.85. The van der Waals surface area contributed by atoms with Gasteiger partial charge in [0.05, 0.1) is 0 Å². The molecule has 0 aliphatic heterocycles. The molecule has 0 aliphatic rings. The van der Waals surface area contributed by atoms with Crippen molar-refractivity contribution in [3.8, 4) is 0 Å². The van der Waals surface area contributed by atoms with Gasteiger partial charge in [-0.3, -0.25) is 0 Å². The van der Waals surface area contributed by atoms with E-state index < -0.39 is 0 Å². The zero-order valence-electron chi connectivity index (χ0n) is 12.8. The lowest BCUT2D eigenvalue weighted by Crippen LogP contribution is -1.67. The zero-order valence-corrected chi connectivity index (χ0v) is 12.8. The van der Waals surface area contributed by atoms with Gasteiger partial charge in [-0.1, -0.05) is 88.4 Å². The van der Waals surface area contributed by atoms with Gasteiger partial charge in [0, 0.05) is 0 Å². The summed E-state index contributed by atoms with van der Waals surface area (Å²) in [4.78, 5) is 0. The molecule has 18 heavy (non-hydrogen) atoms. The highest BCUT2D eigenvalue weighted by molar-refractivity contribution is 5.81. The molecule has 0 radical (unpaired) electrons. The Kier molecular flexibility index (Phi) is 16.1. The molecular formula is C18H28. The summed E-state index contributed by atoms with van der Waals surface area (Å²) in [6.07, 6.45) is 4.00. The lowest BCUT2D eigenvalue weighted by molar-refractivity contribution is 1.50. The zero-order chi connectivity index (χ0) is 14.2. The maximum Gasteiger partial charge on any atom is -0.0184 e. The van der Waals surface area contributed by atoms with Gasteiger partial charge < -0.3 is 0 Å². The smallest absolute Gasteiger partial charge is 0.0184 e. The van der Waals surface area contributed by atoms with Crippen LogP contribution in [0.4, 0.5) is 0 Å². The van der Waals surface area contributed by atoms with Crippen LogP contribution in [0.25, 0.3) is 10.8 Å². The molecule has 0 unspecified atom stereocenters. The Morgan fingerprint density at radius 2 is 0.778 bits per heavy atom. The minimum atomic E-state index is 1.31. The quantitative estimate of drug-likeness (QED) is 0.465. The summed E-state index contributed by atoms with van der Waals surface area (Å²) in [7, 11) is 0. The maximum atomic E-state index is 2.12. The van der Waals surface area contributed by atoms with E-state index in [-0.39, 0.29) is 0 Å². The third-order valence-corrected chi connectivity index (χ3v) is 1.99. The molecular weight excluding hydrogens is 216 g/mol. The molecule has 0 spiro atoms. The minimum Gasteiger partial charge on any atom is -0.0919 e. The highest BCUT2D eigenvalue weighted by Crippen LogP contribution is 2.11. The maximum absolute atomic E-state index is 2.12. The van der Waals surface area contributed by atoms with E-state index in [1.54, 1.807) is 0 Å². The van der Waals surface area contributed by atoms with Gasteiger partial charge in [-0.15, -0.1) is 0 Å². The first-order valence-electron chi connectivity index (χ1n) is 6.89. The van der Waals surface area contributed by atoms with E-state index in [2.05, 4.69) is 48.5 Å². The highest BCUT2D eigenvalue weighted by atomic mass is 13.9. The second kappa shape index (κ2) is 15.4. The van der Waals surface area contributed by atoms with E-state index in [9.17, 15) is 0 Å².